The van der Waals surface area contributed by atoms with E-state index in [4.69, 9.17) is 19.4 Å². The van der Waals surface area contributed by atoms with Gasteiger partial charge in [-0.1, -0.05) is 43.5 Å². The maximum Gasteiger partial charge on any atom is 0.338 e. The van der Waals surface area contributed by atoms with Crippen LogP contribution in [-0.4, -0.2) is 58.1 Å². The van der Waals surface area contributed by atoms with Gasteiger partial charge < -0.3 is 18.9 Å². The summed E-state index contributed by atoms with van der Waals surface area (Å²) in [5.74, 6) is 1.42. The Kier molecular flexibility index (Phi) is 8.99. The van der Waals surface area contributed by atoms with Crippen LogP contribution in [0.5, 0.6) is 5.75 Å². The smallest absolute Gasteiger partial charge is 0.338 e. The number of amides is 1. The van der Waals surface area contributed by atoms with Crippen molar-refractivity contribution in [3.63, 3.8) is 0 Å². The van der Waals surface area contributed by atoms with Gasteiger partial charge in [0.1, 0.15) is 11.6 Å². The molecule has 8 heteroatoms. The van der Waals surface area contributed by atoms with E-state index in [-0.39, 0.29) is 11.9 Å². The molecule has 8 nitrogen and oxygen atoms in total. The number of methoxy groups -OCH3 is 1. The number of nitrogens with zero attached hydrogens (tertiary/aromatic N) is 4. The van der Waals surface area contributed by atoms with Crippen LogP contribution in [0.4, 0.5) is 0 Å². The Morgan fingerprint density at radius 2 is 1.49 bits per heavy atom. The van der Waals surface area contributed by atoms with Crippen LogP contribution >= 0.6 is 0 Å². The van der Waals surface area contributed by atoms with Gasteiger partial charge >= 0.3 is 5.97 Å². The minimum absolute atomic E-state index is 0.0655. The van der Waals surface area contributed by atoms with Crippen molar-refractivity contribution in [2.24, 2.45) is 0 Å². The molecule has 8 rings (SSSR count). The predicted molar refractivity (Wildman–Crippen MR) is 201 cm³/mol. The number of likely N-dealkylation sites (tertiary alicyclic amines) is 1. The lowest BCUT2D eigenvalue weighted by Gasteiger charge is -2.25. The average molecular weight is 679 g/mol. The highest BCUT2D eigenvalue weighted by Crippen LogP contribution is 2.38. The summed E-state index contributed by atoms with van der Waals surface area (Å²) in [6.07, 6.45) is 7.94. The topological polar surface area (TPSA) is 86.6 Å². The molecule has 4 aromatic carbocycles. The monoisotopic (exact) mass is 678 g/mol. The third-order valence-corrected chi connectivity index (χ3v) is 10.4. The summed E-state index contributed by atoms with van der Waals surface area (Å²) in [6, 6.07) is 30.5. The molecule has 0 spiro atoms. The van der Waals surface area contributed by atoms with Crippen LogP contribution in [0.3, 0.4) is 0 Å². The molecule has 1 aliphatic carbocycles. The molecule has 0 unspecified atom stereocenters. The lowest BCUT2D eigenvalue weighted by molar-refractivity contribution is 0.0526. The first kappa shape index (κ1) is 32.7. The van der Waals surface area contributed by atoms with Crippen molar-refractivity contribution in [3.05, 3.63) is 102 Å². The molecule has 0 N–H and O–H groups in total. The fraction of sp³-hybridized carbons (Fsp3) is 0.302. The zero-order valence-electron chi connectivity index (χ0n) is 29.2. The van der Waals surface area contributed by atoms with E-state index in [0.717, 1.165) is 100 Å². The van der Waals surface area contributed by atoms with Gasteiger partial charge in [-0.3, -0.25) is 4.79 Å². The number of rotatable bonds is 8. The molecule has 3 heterocycles. The Bertz CT molecular complexity index is 2250. The highest BCUT2D eigenvalue weighted by molar-refractivity contribution is 5.98. The van der Waals surface area contributed by atoms with Gasteiger partial charge in [0.2, 0.25) is 0 Å². The molecule has 0 radical (unpaired) electrons. The molecule has 0 bridgehead atoms. The van der Waals surface area contributed by atoms with E-state index >= 15 is 0 Å². The summed E-state index contributed by atoms with van der Waals surface area (Å²) >= 11 is 0. The van der Waals surface area contributed by atoms with Crippen molar-refractivity contribution >= 4 is 33.8 Å². The van der Waals surface area contributed by atoms with E-state index in [2.05, 4.69) is 28.8 Å². The van der Waals surface area contributed by atoms with Crippen LogP contribution in [0.15, 0.2) is 91.0 Å². The first-order valence-corrected chi connectivity index (χ1v) is 18.2. The van der Waals surface area contributed by atoms with E-state index in [9.17, 15) is 9.59 Å². The fourth-order valence-corrected chi connectivity index (χ4v) is 7.78. The van der Waals surface area contributed by atoms with E-state index in [0.29, 0.717) is 23.8 Å². The van der Waals surface area contributed by atoms with E-state index < -0.39 is 0 Å². The lowest BCUT2D eigenvalue weighted by atomic mass is 9.94. The van der Waals surface area contributed by atoms with Crippen molar-refractivity contribution in [2.45, 2.75) is 57.9 Å². The zero-order valence-corrected chi connectivity index (χ0v) is 29.2. The first-order valence-electron chi connectivity index (χ1n) is 18.2. The number of pyridine rings is 1. The number of imidazole rings is 1. The summed E-state index contributed by atoms with van der Waals surface area (Å²) in [4.78, 5) is 38.3. The normalized spacial score (nSPS) is 15.1. The molecular formula is C43H42N4O4. The number of aromatic nitrogens is 3. The maximum atomic E-state index is 13.5. The summed E-state index contributed by atoms with van der Waals surface area (Å²) in [5, 5.41) is 1.00. The molecule has 0 atom stereocenters. The Morgan fingerprint density at radius 1 is 0.725 bits per heavy atom. The average Bonchev–Trinajstić information content (AvgIpc) is 3.86. The lowest BCUT2D eigenvalue weighted by Crippen LogP contribution is -2.27. The van der Waals surface area contributed by atoms with Crippen molar-refractivity contribution in [2.75, 3.05) is 26.8 Å². The number of hydrogen-bond acceptors (Lipinski definition) is 6. The molecule has 1 saturated heterocycles. The van der Waals surface area contributed by atoms with Gasteiger partial charge in [-0.15, -0.1) is 0 Å². The number of hydrogen-bond donors (Lipinski definition) is 0. The number of carbonyl (C=O) groups excluding carboxylic acids is 2. The SMILES string of the molecule is CCOC(=O)c1ccc2c(c1)nc(-c1ccc3nc(-c4cc(C(=O)N5CCCC5)ccc4-c4ccc(OC)cc4)ccc3c1)n2C1CCCCC1. The predicted octanol–water partition coefficient (Wildman–Crippen LogP) is 9.51. The number of fused-ring (bicyclic) bond motifs is 2. The van der Waals surface area contributed by atoms with Crippen molar-refractivity contribution in [1.82, 2.24) is 19.4 Å². The van der Waals surface area contributed by atoms with Gasteiger partial charge in [0, 0.05) is 41.2 Å². The van der Waals surface area contributed by atoms with Gasteiger partial charge in [-0.25, -0.2) is 14.8 Å². The molecule has 2 aliphatic rings. The van der Waals surface area contributed by atoms with Gasteiger partial charge in [-0.2, -0.15) is 0 Å². The number of ether oxygens (including phenoxy) is 2. The van der Waals surface area contributed by atoms with Crippen molar-refractivity contribution in [1.29, 1.82) is 0 Å². The van der Waals surface area contributed by atoms with Crippen molar-refractivity contribution in [3.8, 4) is 39.5 Å². The Balaban J connectivity index is 1.21. The second kappa shape index (κ2) is 14.0. The van der Waals surface area contributed by atoms with Crippen LogP contribution in [0, 0.1) is 0 Å². The van der Waals surface area contributed by atoms with Gasteiger partial charge in [0.05, 0.1) is 41.5 Å². The standard InChI is InChI=1S/C43H42N4O4/c1-3-51-43(49)32-16-22-40-39(27-32)45-41(47(40)33-9-5-4-6-10-33)30-15-20-37-29(25-30)14-21-38(44-37)36-26-31(42(48)46-23-7-8-24-46)13-19-35(36)28-11-17-34(50-2)18-12-28/h11-22,25-27,33H,3-10,23-24H2,1-2H3. The molecule has 1 aliphatic heterocycles. The van der Waals surface area contributed by atoms with Crippen LogP contribution < -0.4 is 4.74 Å². The molecule has 2 aromatic heterocycles. The molecule has 6 aromatic rings. The molecule has 51 heavy (non-hydrogen) atoms. The second-order valence-electron chi connectivity index (χ2n) is 13.6. The number of carbonyl (C=O) groups is 2. The summed E-state index contributed by atoms with van der Waals surface area (Å²) in [7, 11) is 1.66. The number of benzene rings is 4. The molecule has 1 saturated carbocycles. The molecule has 1 amide bonds. The van der Waals surface area contributed by atoms with Gasteiger partial charge in [0.25, 0.3) is 5.91 Å². The van der Waals surface area contributed by atoms with Gasteiger partial charge in [0.15, 0.2) is 0 Å². The Hall–Kier alpha value is -5.50. The highest BCUT2D eigenvalue weighted by Gasteiger charge is 2.24. The van der Waals surface area contributed by atoms with Crippen LogP contribution in [0.1, 0.15) is 78.6 Å². The van der Waals surface area contributed by atoms with E-state index in [1.54, 1.807) is 7.11 Å². The Morgan fingerprint density at radius 3 is 2.25 bits per heavy atom. The largest absolute Gasteiger partial charge is 0.497 e. The van der Waals surface area contributed by atoms with Crippen LogP contribution in [0.25, 0.3) is 55.7 Å². The third-order valence-electron chi connectivity index (χ3n) is 10.4. The highest BCUT2D eigenvalue weighted by atomic mass is 16.5. The Labute approximate surface area is 298 Å². The van der Waals surface area contributed by atoms with Gasteiger partial charge in [-0.05, 0) is 110 Å². The van der Waals surface area contributed by atoms with Crippen molar-refractivity contribution < 1.29 is 19.1 Å². The first-order chi connectivity index (χ1) is 25.0. The summed E-state index contributed by atoms with van der Waals surface area (Å²) in [5.41, 5.74) is 8.63. The van der Waals surface area contributed by atoms with Crippen LogP contribution in [-0.2, 0) is 4.74 Å². The van der Waals surface area contributed by atoms with E-state index in [1.165, 1.54) is 19.3 Å². The summed E-state index contributed by atoms with van der Waals surface area (Å²) in [6.45, 7) is 3.74. The minimum Gasteiger partial charge on any atom is -0.497 e. The second-order valence-corrected chi connectivity index (χ2v) is 13.6. The number of esters is 1. The quantitative estimate of drug-likeness (QED) is 0.149. The van der Waals surface area contributed by atoms with Crippen LogP contribution in [0.2, 0.25) is 0 Å². The molecular weight excluding hydrogens is 636 g/mol. The fourth-order valence-electron chi connectivity index (χ4n) is 7.78. The molecule has 258 valence electrons. The van der Waals surface area contributed by atoms with E-state index in [1.807, 2.05) is 78.6 Å². The third kappa shape index (κ3) is 6.35. The molecule has 2 fully saturated rings. The maximum absolute atomic E-state index is 13.5. The summed E-state index contributed by atoms with van der Waals surface area (Å²) < 4.78 is 13.1. The minimum atomic E-state index is -0.332. The zero-order chi connectivity index (χ0) is 34.9.